The van der Waals surface area contributed by atoms with Crippen molar-refractivity contribution < 1.29 is 29.2 Å². The van der Waals surface area contributed by atoms with Crippen LogP contribution in [0.4, 0.5) is 0 Å². The second-order valence-electron chi connectivity index (χ2n) is 3.98. The van der Waals surface area contributed by atoms with Gasteiger partial charge in [0.1, 0.15) is 12.2 Å². The molecule has 0 spiro atoms. The van der Waals surface area contributed by atoms with Crippen molar-refractivity contribution in [2.75, 3.05) is 27.4 Å². The van der Waals surface area contributed by atoms with Crippen LogP contribution in [-0.4, -0.2) is 61.4 Å². The van der Waals surface area contributed by atoms with E-state index in [1.165, 1.54) is 14.2 Å². The van der Waals surface area contributed by atoms with Gasteiger partial charge in [-0.1, -0.05) is 0 Å². The van der Waals surface area contributed by atoms with Crippen LogP contribution >= 0.6 is 0 Å². The zero-order chi connectivity index (χ0) is 12.4. The van der Waals surface area contributed by atoms with Crippen molar-refractivity contribution in [2.24, 2.45) is 0 Å². The fourth-order valence-electron chi connectivity index (χ4n) is 1.72. The van der Waals surface area contributed by atoms with Gasteiger partial charge in [0.25, 0.3) is 0 Å². The summed E-state index contributed by atoms with van der Waals surface area (Å²) in [5, 5.41) is 18.3. The van der Waals surface area contributed by atoms with E-state index in [1.807, 2.05) is 0 Å². The molecule has 0 saturated carbocycles. The van der Waals surface area contributed by atoms with Crippen molar-refractivity contribution in [3.63, 3.8) is 0 Å². The Hall–Kier alpha value is -0.240. The minimum atomic E-state index is -1.14. The first-order valence-electron chi connectivity index (χ1n) is 5.14. The average Bonchev–Trinajstić information content (AvgIpc) is 2.31. The van der Waals surface area contributed by atoms with Crippen LogP contribution in [-0.2, 0) is 18.9 Å². The Bertz CT molecular complexity index is 211. The summed E-state index contributed by atoms with van der Waals surface area (Å²) in [6.07, 6.45) is -1.28. The highest BCUT2D eigenvalue weighted by molar-refractivity contribution is 4.90. The highest BCUT2D eigenvalue weighted by atomic mass is 16.8. The van der Waals surface area contributed by atoms with Crippen molar-refractivity contribution in [1.29, 1.82) is 0 Å². The molecule has 0 radical (unpaired) electrons. The molecule has 1 rings (SSSR count). The summed E-state index contributed by atoms with van der Waals surface area (Å²) in [6, 6.07) is 0. The highest BCUT2D eigenvalue weighted by Crippen LogP contribution is 2.38. The summed E-state index contributed by atoms with van der Waals surface area (Å²) in [6.45, 7) is 2.80. The maximum Gasteiger partial charge on any atom is 0.220 e. The summed E-state index contributed by atoms with van der Waals surface area (Å²) in [5.74, 6) is -2.28. The molecule has 1 fully saturated rings. The number of hydrogen-bond acceptors (Lipinski definition) is 6. The molecule has 6 nitrogen and oxygen atoms in total. The van der Waals surface area contributed by atoms with Gasteiger partial charge in [0, 0.05) is 14.2 Å². The highest BCUT2D eigenvalue weighted by Gasteiger charge is 2.56. The number of rotatable bonds is 4. The molecule has 1 heterocycles. The van der Waals surface area contributed by atoms with E-state index in [0.717, 1.165) is 0 Å². The predicted octanol–water partition coefficient (Wildman–Crippen LogP) is -0.520. The minimum Gasteiger partial charge on any atom is -0.394 e. The standard InChI is InChI=1S/C10H20O6/c1-9(13-3)10(2,14-4)16-8(6-12)7(5-11)15-9/h7-8,11-12H,5-6H2,1-4H3/t7-,8-,9+,10?/m0/s1. The van der Waals surface area contributed by atoms with Crippen LogP contribution in [0, 0.1) is 0 Å². The van der Waals surface area contributed by atoms with Gasteiger partial charge in [-0.3, -0.25) is 0 Å². The third kappa shape index (κ3) is 2.09. The van der Waals surface area contributed by atoms with Crippen molar-refractivity contribution in [1.82, 2.24) is 0 Å². The normalized spacial score (nSPS) is 44.6. The number of aliphatic hydroxyl groups excluding tert-OH is 2. The molecule has 4 atom stereocenters. The van der Waals surface area contributed by atoms with Crippen LogP contribution in [0.15, 0.2) is 0 Å². The molecule has 1 aliphatic heterocycles. The molecule has 96 valence electrons. The van der Waals surface area contributed by atoms with Crippen LogP contribution in [0.25, 0.3) is 0 Å². The molecule has 1 aliphatic rings. The predicted molar refractivity (Wildman–Crippen MR) is 54.7 cm³/mol. The second-order valence-corrected chi connectivity index (χ2v) is 3.98. The molecule has 16 heavy (non-hydrogen) atoms. The quantitative estimate of drug-likeness (QED) is 0.684. The van der Waals surface area contributed by atoms with Gasteiger partial charge >= 0.3 is 0 Å². The SMILES string of the molecule is COC1(C)O[C@@H](CO)[C@H](CO)O[C@@]1(C)OC. The summed E-state index contributed by atoms with van der Waals surface area (Å²) < 4.78 is 21.7. The monoisotopic (exact) mass is 236 g/mol. The van der Waals surface area contributed by atoms with Crippen LogP contribution in [0.2, 0.25) is 0 Å². The fraction of sp³-hybridized carbons (Fsp3) is 1.00. The minimum absolute atomic E-state index is 0.260. The van der Waals surface area contributed by atoms with Crippen molar-refractivity contribution in [2.45, 2.75) is 37.6 Å². The maximum atomic E-state index is 9.15. The fourth-order valence-corrected chi connectivity index (χ4v) is 1.72. The molecule has 0 aromatic rings. The number of methoxy groups -OCH3 is 2. The molecule has 0 amide bonds. The molecule has 1 saturated heterocycles. The molecule has 0 bridgehead atoms. The van der Waals surface area contributed by atoms with Crippen molar-refractivity contribution in [3.05, 3.63) is 0 Å². The van der Waals surface area contributed by atoms with E-state index >= 15 is 0 Å². The summed E-state index contributed by atoms with van der Waals surface area (Å²) in [4.78, 5) is 0. The van der Waals surface area contributed by atoms with E-state index < -0.39 is 23.8 Å². The van der Waals surface area contributed by atoms with Gasteiger partial charge in [0.05, 0.1) is 13.2 Å². The average molecular weight is 236 g/mol. The van der Waals surface area contributed by atoms with Crippen LogP contribution < -0.4 is 0 Å². The number of ether oxygens (including phenoxy) is 4. The molecule has 2 N–H and O–H groups in total. The summed E-state index contributed by atoms with van der Waals surface area (Å²) in [7, 11) is 2.93. The first-order valence-corrected chi connectivity index (χ1v) is 5.14. The lowest BCUT2D eigenvalue weighted by Gasteiger charge is -2.51. The van der Waals surface area contributed by atoms with E-state index in [9.17, 15) is 0 Å². The first-order chi connectivity index (χ1) is 7.46. The van der Waals surface area contributed by atoms with Gasteiger partial charge in [-0.05, 0) is 13.8 Å². The third-order valence-corrected chi connectivity index (χ3v) is 3.13. The second kappa shape index (κ2) is 4.95. The lowest BCUT2D eigenvalue weighted by Crippen LogP contribution is -2.66. The van der Waals surface area contributed by atoms with Gasteiger partial charge in [-0.15, -0.1) is 0 Å². The van der Waals surface area contributed by atoms with Gasteiger partial charge < -0.3 is 29.2 Å². The molecular formula is C10H20O6. The van der Waals surface area contributed by atoms with E-state index in [2.05, 4.69) is 0 Å². The van der Waals surface area contributed by atoms with Crippen LogP contribution in [0.5, 0.6) is 0 Å². The van der Waals surface area contributed by atoms with Crippen LogP contribution in [0.3, 0.4) is 0 Å². The Morgan fingerprint density at radius 3 is 1.44 bits per heavy atom. The molecule has 1 unspecified atom stereocenters. The molecular weight excluding hydrogens is 216 g/mol. The number of hydrogen-bond donors (Lipinski definition) is 2. The van der Waals surface area contributed by atoms with E-state index in [1.54, 1.807) is 13.8 Å². The summed E-state index contributed by atoms with van der Waals surface area (Å²) >= 11 is 0. The Morgan fingerprint density at radius 1 is 0.938 bits per heavy atom. The zero-order valence-electron chi connectivity index (χ0n) is 10.1. The Morgan fingerprint density at radius 2 is 1.25 bits per heavy atom. The van der Waals surface area contributed by atoms with Crippen molar-refractivity contribution in [3.8, 4) is 0 Å². The molecule has 0 aliphatic carbocycles. The molecule has 0 aromatic carbocycles. The Balaban J connectivity index is 2.94. The van der Waals surface area contributed by atoms with Gasteiger partial charge in [0.15, 0.2) is 0 Å². The molecule has 0 aromatic heterocycles. The topological polar surface area (TPSA) is 77.4 Å². The lowest BCUT2D eigenvalue weighted by molar-refractivity contribution is -0.451. The van der Waals surface area contributed by atoms with Gasteiger partial charge in [-0.2, -0.15) is 0 Å². The van der Waals surface area contributed by atoms with Gasteiger partial charge in [0.2, 0.25) is 11.6 Å². The van der Waals surface area contributed by atoms with Crippen LogP contribution in [0.1, 0.15) is 13.8 Å². The maximum absolute atomic E-state index is 9.15. The summed E-state index contributed by atoms with van der Waals surface area (Å²) in [5.41, 5.74) is 0. The van der Waals surface area contributed by atoms with E-state index in [4.69, 9.17) is 29.2 Å². The van der Waals surface area contributed by atoms with E-state index in [-0.39, 0.29) is 13.2 Å². The lowest BCUT2D eigenvalue weighted by atomic mass is 10.0. The van der Waals surface area contributed by atoms with E-state index in [0.29, 0.717) is 0 Å². The Labute approximate surface area is 95.1 Å². The number of aliphatic hydroxyl groups is 2. The molecule has 6 heteroatoms. The largest absolute Gasteiger partial charge is 0.394 e. The smallest absolute Gasteiger partial charge is 0.220 e. The Kier molecular flexibility index (Phi) is 4.28. The van der Waals surface area contributed by atoms with Crippen molar-refractivity contribution >= 4 is 0 Å². The first kappa shape index (κ1) is 13.8. The van der Waals surface area contributed by atoms with Gasteiger partial charge in [-0.25, -0.2) is 0 Å². The zero-order valence-corrected chi connectivity index (χ0v) is 10.1. The third-order valence-electron chi connectivity index (χ3n) is 3.13.